The topological polar surface area (TPSA) is 73.5 Å². The summed E-state index contributed by atoms with van der Waals surface area (Å²) in [5.41, 5.74) is 5.67. The molecular weight excluding hydrogens is 220 g/mol. The van der Waals surface area contributed by atoms with Crippen molar-refractivity contribution in [3.8, 4) is 5.88 Å². The van der Waals surface area contributed by atoms with Crippen molar-refractivity contribution in [2.75, 3.05) is 39.6 Å². The van der Waals surface area contributed by atoms with Crippen molar-refractivity contribution in [3.63, 3.8) is 0 Å². The van der Waals surface area contributed by atoms with Crippen LogP contribution in [0.2, 0.25) is 0 Å². The minimum atomic E-state index is 0.353. The first kappa shape index (κ1) is 13.7. The fourth-order valence-electron chi connectivity index (χ4n) is 1.16. The summed E-state index contributed by atoms with van der Waals surface area (Å²) in [6.07, 6.45) is 0. The second-order valence-electron chi connectivity index (χ2n) is 3.84. The molecule has 6 heteroatoms. The van der Waals surface area contributed by atoms with Gasteiger partial charge < -0.3 is 20.1 Å². The fraction of sp³-hybridized carbons (Fsp3) is 0.636. The molecule has 17 heavy (non-hydrogen) atoms. The smallest absolute Gasteiger partial charge is 0.218 e. The third kappa shape index (κ3) is 5.46. The lowest BCUT2D eigenvalue weighted by atomic mass is 10.5. The van der Waals surface area contributed by atoms with E-state index in [1.807, 2.05) is 25.9 Å². The van der Waals surface area contributed by atoms with Gasteiger partial charge >= 0.3 is 0 Å². The molecule has 0 spiro atoms. The maximum absolute atomic E-state index is 5.67. The lowest BCUT2D eigenvalue weighted by molar-refractivity contribution is 0.127. The Kier molecular flexibility index (Phi) is 5.65. The largest absolute Gasteiger partial charge is 0.476 e. The molecule has 2 N–H and O–H groups in total. The van der Waals surface area contributed by atoms with Gasteiger partial charge in [-0.3, -0.25) is 0 Å². The zero-order valence-corrected chi connectivity index (χ0v) is 10.6. The van der Waals surface area contributed by atoms with Gasteiger partial charge in [-0.15, -0.1) is 0 Å². The second kappa shape index (κ2) is 7.03. The zero-order valence-electron chi connectivity index (χ0n) is 10.6. The van der Waals surface area contributed by atoms with Gasteiger partial charge in [0.15, 0.2) is 5.82 Å². The Labute approximate surface area is 102 Å². The van der Waals surface area contributed by atoms with Gasteiger partial charge in [0.05, 0.1) is 0 Å². The Morgan fingerprint density at radius 3 is 2.76 bits per heavy atom. The maximum atomic E-state index is 5.67. The van der Waals surface area contributed by atoms with Crippen LogP contribution in [0.3, 0.4) is 0 Å². The monoisotopic (exact) mass is 240 g/mol. The number of anilines is 1. The van der Waals surface area contributed by atoms with Crippen molar-refractivity contribution in [1.29, 1.82) is 0 Å². The van der Waals surface area contributed by atoms with Crippen LogP contribution in [0.25, 0.3) is 0 Å². The minimum absolute atomic E-state index is 0.353. The highest BCUT2D eigenvalue weighted by molar-refractivity contribution is 5.32. The maximum Gasteiger partial charge on any atom is 0.218 e. The molecule has 0 aromatic carbocycles. The van der Waals surface area contributed by atoms with Crippen molar-refractivity contribution in [3.05, 3.63) is 11.9 Å². The van der Waals surface area contributed by atoms with Crippen LogP contribution < -0.4 is 10.5 Å². The molecule has 1 aromatic heterocycles. The zero-order chi connectivity index (χ0) is 12.7. The number of ether oxygens (including phenoxy) is 2. The molecular formula is C11H20N4O2. The molecule has 0 amide bonds. The van der Waals surface area contributed by atoms with Gasteiger partial charge in [-0.05, 0) is 21.0 Å². The van der Waals surface area contributed by atoms with Crippen molar-refractivity contribution < 1.29 is 9.47 Å². The molecule has 0 aliphatic heterocycles. The molecule has 1 rings (SSSR count). The van der Waals surface area contributed by atoms with E-state index in [-0.39, 0.29) is 0 Å². The van der Waals surface area contributed by atoms with E-state index in [9.17, 15) is 0 Å². The lowest BCUT2D eigenvalue weighted by Gasteiger charge is -2.11. The molecule has 1 heterocycles. The predicted octanol–water partition coefficient (Wildman–Crippen LogP) is 0.536. The van der Waals surface area contributed by atoms with Crippen molar-refractivity contribution in [2.24, 2.45) is 0 Å². The van der Waals surface area contributed by atoms with Crippen LogP contribution >= 0.6 is 0 Å². The normalized spacial score (nSPS) is 10.8. The van der Waals surface area contributed by atoms with Crippen LogP contribution in [0.4, 0.5) is 5.82 Å². The van der Waals surface area contributed by atoms with Crippen LogP contribution in [0.15, 0.2) is 6.07 Å². The van der Waals surface area contributed by atoms with Crippen LogP contribution in [0.5, 0.6) is 5.88 Å². The van der Waals surface area contributed by atoms with Crippen LogP contribution in [0, 0.1) is 0 Å². The molecule has 0 aliphatic rings. The average molecular weight is 240 g/mol. The van der Waals surface area contributed by atoms with Gasteiger partial charge in [0.25, 0.3) is 0 Å². The minimum Gasteiger partial charge on any atom is -0.476 e. The molecule has 0 radical (unpaired) electrons. The number of nitrogens with zero attached hydrogens (tertiary/aromatic N) is 3. The molecule has 0 saturated carbocycles. The van der Waals surface area contributed by atoms with E-state index < -0.39 is 0 Å². The van der Waals surface area contributed by atoms with Gasteiger partial charge in [0.2, 0.25) is 5.88 Å². The molecule has 0 saturated heterocycles. The third-order valence-electron chi connectivity index (χ3n) is 1.99. The summed E-state index contributed by atoms with van der Waals surface area (Å²) in [5.74, 6) is 1.44. The molecule has 0 bridgehead atoms. The van der Waals surface area contributed by atoms with E-state index in [0.717, 1.165) is 6.54 Å². The summed E-state index contributed by atoms with van der Waals surface area (Å²) < 4.78 is 10.7. The second-order valence-corrected chi connectivity index (χ2v) is 3.84. The van der Waals surface area contributed by atoms with Gasteiger partial charge in [-0.1, -0.05) is 0 Å². The summed E-state index contributed by atoms with van der Waals surface area (Å²) in [6.45, 7) is 4.28. The summed E-state index contributed by atoms with van der Waals surface area (Å²) in [5, 5.41) is 0. The number of nitrogens with two attached hydrogens (primary N) is 1. The first-order valence-electron chi connectivity index (χ1n) is 5.60. The summed E-state index contributed by atoms with van der Waals surface area (Å²) in [6, 6.07) is 1.62. The Balaban J connectivity index is 2.55. The van der Waals surface area contributed by atoms with Gasteiger partial charge in [0, 0.05) is 19.2 Å². The first-order valence-corrected chi connectivity index (χ1v) is 5.60. The van der Waals surface area contributed by atoms with E-state index in [1.54, 1.807) is 6.07 Å². The van der Waals surface area contributed by atoms with Crippen molar-refractivity contribution in [1.82, 2.24) is 14.9 Å². The standard InChI is InChI=1S/C11H20N4O2/c1-4-16-8-10-13-9(12)7-11(14-10)17-6-5-15(2)3/h7H,4-6,8H2,1-3H3,(H2,12,13,14). The number of aromatic nitrogens is 2. The number of nitrogen functional groups attached to an aromatic ring is 1. The Hall–Kier alpha value is -1.40. The summed E-state index contributed by atoms with van der Waals surface area (Å²) in [4.78, 5) is 10.3. The Morgan fingerprint density at radius 2 is 2.12 bits per heavy atom. The van der Waals surface area contributed by atoms with E-state index in [0.29, 0.717) is 37.3 Å². The molecule has 96 valence electrons. The van der Waals surface area contributed by atoms with Crippen LogP contribution in [-0.4, -0.2) is 48.7 Å². The molecule has 0 unspecified atom stereocenters. The Morgan fingerprint density at radius 1 is 1.35 bits per heavy atom. The first-order chi connectivity index (χ1) is 8.11. The van der Waals surface area contributed by atoms with Gasteiger partial charge in [0.1, 0.15) is 19.0 Å². The highest BCUT2D eigenvalue weighted by Gasteiger charge is 2.04. The van der Waals surface area contributed by atoms with E-state index in [4.69, 9.17) is 15.2 Å². The molecule has 1 aromatic rings. The molecule has 0 fully saturated rings. The average Bonchev–Trinajstić information content (AvgIpc) is 2.25. The van der Waals surface area contributed by atoms with E-state index in [2.05, 4.69) is 9.97 Å². The quantitative estimate of drug-likeness (QED) is 0.749. The highest BCUT2D eigenvalue weighted by atomic mass is 16.5. The van der Waals surface area contributed by atoms with Gasteiger partial charge in [-0.2, -0.15) is 4.98 Å². The number of hydrogen-bond donors (Lipinski definition) is 1. The molecule has 6 nitrogen and oxygen atoms in total. The Bertz CT molecular complexity index is 344. The lowest BCUT2D eigenvalue weighted by Crippen LogP contribution is -2.20. The van der Waals surface area contributed by atoms with Crippen molar-refractivity contribution in [2.45, 2.75) is 13.5 Å². The van der Waals surface area contributed by atoms with Gasteiger partial charge in [-0.25, -0.2) is 4.98 Å². The summed E-state index contributed by atoms with van der Waals surface area (Å²) in [7, 11) is 3.97. The highest BCUT2D eigenvalue weighted by Crippen LogP contribution is 2.11. The van der Waals surface area contributed by atoms with Crippen LogP contribution in [0.1, 0.15) is 12.7 Å². The number of likely N-dealkylation sites (N-methyl/N-ethyl adjacent to an activating group) is 1. The summed E-state index contributed by atoms with van der Waals surface area (Å²) >= 11 is 0. The number of rotatable bonds is 7. The predicted molar refractivity (Wildman–Crippen MR) is 65.8 cm³/mol. The third-order valence-corrected chi connectivity index (χ3v) is 1.99. The molecule has 0 aliphatic carbocycles. The number of hydrogen-bond acceptors (Lipinski definition) is 6. The fourth-order valence-corrected chi connectivity index (χ4v) is 1.16. The SMILES string of the molecule is CCOCc1nc(N)cc(OCCN(C)C)n1. The van der Waals surface area contributed by atoms with Crippen molar-refractivity contribution >= 4 is 5.82 Å². The van der Waals surface area contributed by atoms with E-state index in [1.165, 1.54) is 0 Å². The van der Waals surface area contributed by atoms with Crippen LogP contribution in [-0.2, 0) is 11.3 Å². The molecule has 0 atom stereocenters. The van der Waals surface area contributed by atoms with E-state index >= 15 is 0 Å².